The number of nitrogens with zero attached hydrogens (tertiary/aromatic N) is 1. The van der Waals surface area contributed by atoms with Crippen molar-refractivity contribution in [2.75, 3.05) is 12.4 Å². The zero-order valence-electron chi connectivity index (χ0n) is 9.98. The zero-order valence-corrected chi connectivity index (χ0v) is 9.98. The summed E-state index contributed by atoms with van der Waals surface area (Å²) in [6, 6.07) is 3.08. The predicted octanol–water partition coefficient (Wildman–Crippen LogP) is 1.77. The van der Waals surface area contributed by atoms with Crippen molar-refractivity contribution < 1.29 is 14.3 Å². The van der Waals surface area contributed by atoms with Crippen LogP contribution in [0.15, 0.2) is 30.0 Å². The van der Waals surface area contributed by atoms with Crippen LogP contribution in [0.2, 0.25) is 0 Å². The molecule has 0 aliphatic rings. The summed E-state index contributed by atoms with van der Waals surface area (Å²) in [7, 11) is 1.30. The second kappa shape index (κ2) is 5.79. The first kappa shape index (κ1) is 12.9. The van der Waals surface area contributed by atoms with Crippen LogP contribution in [0.5, 0.6) is 0 Å². The number of nitrogens with one attached hydrogen (secondary N) is 1. The average Bonchev–Trinajstić information content (AvgIpc) is 2.28. The van der Waals surface area contributed by atoms with Gasteiger partial charge in [-0.25, -0.2) is 9.78 Å². The van der Waals surface area contributed by atoms with Crippen molar-refractivity contribution in [1.29, 1.82) is 0 Å². The van der Waals surface area contributed by atoms with Gasteiger partial charge in [-0.1, -0.05) is 5.57 Å². The summed E-state index contributed by atoms with van der Waals surface area (Å²) in [5, 5.41) is 2.58. The van der Waals surface area contributed by atoms with Gasteiger partial charge in [0.15, 0.2) is 0 Å². The standard InChI is InChI=1S/C12H14N2O3/c1-8(2)6-11(15)14-10-5-4-9(7-13-10)12(16)17-3/h4-7H,1-3H3,(H,13,14,15). The number of hydrogen-bond acceptors (Lipinski definition) is 4. The van der Waals surface area contributed by atoms with Crippen LogP contribution in [0.4, 0.5) is 5.82 Å². The van der Waals surface area contributed by atoms with E-state index in [0.29, 0.717) is 11.4 Å². The van der Waals surface area contributed by atoms with Crippen molar-refractivity contribution in [3.63, 3.8) is 0 Å². The number of anilines is 1. The second-order valence-corrected chi connectivity index (χ2v) is 3.63. The summed E-state index contributed by atoms with van der Waals surface area (Å²) in [5.74, 6) is -0.317. The molecule has 1 N–H and O–H groups in total. The summed E-state index contributed by atoms with van der Waals surface area (Å²) < 4.78 is 4.53. The molecule has 0 spiro atoms. The molecular formula is C12H14N2O3. The molecule has 0 unspecified atom stereocenters. The van der Waals surface area contributed by atoms with Gasteiger partial charge in [0.2, 0.25) is 5.91 Å². The Bertz CT molecular complexity index is 445. The van der Waals surface area contributed by atoms with E-state index in [4.69, 9.17) is 0 Å². The van der Waals surface area contributed by atoms with Crippen LogP contribution in [-0.2, 0) is 9.53 Å². The molecule has 1 amide bonds. The van der Waals surface area contributed by atoms with Crippen molar-refractivity contribution in [3.8, 4) is 0 Å². The Morgan fingerprint density at radius 2 is 2.06 bits per heavy atom. The molecule has 0 saturated carbocycles. The first-order valence-corrected chi connectivity index (χ1v) is 5.03. The number of ether oxygens (including phenoxy) is 1. The van der Waals surface area contributed by atoms with Crippen LogP contribution in [0.25, 0.3) is 0 Å². The molecule has 0 bridgehead atoms. The number of carbonyl (C=O) groups excluding carboxylic acids is 2. The summed E-state index contributed by atoms with van der Waals surface area (Å²) in [4.78, 5) is 26.4. The minimum atomic E-state index is -0.459. The highest BCUT2D eigenvalue weighted by Crippen LogP contribution is 2.06. The Hall–Kier alpha value is -2.17. The number of allylic oxidation sites excluding steroid dienone is 1. The Morgan fingerprint density at radius 3 is 2.53 bits per heavy atom. The van der Waals surface area contributed by atoms with Crippen LogP contribution in [0, 0.1) is 0 Å². The van der Waals surface area contributed by atoms with Crippen LogP contribution < -0.4 is 5.32 Å². The maximum Gasteiger partial charge on any atom is 0.339 e. The second-order valence-electron chi connectivity index (χ2n) is 3.63. The number of hydrogen-bond donors (Lipinski definition) is 1. The third-order valence-corrected chi connectivity index (χ3v) is 1.86. The van der Waals surface area contributed by atoms with Crippen molar-refractivity contribution in [3.05, 3.63) is 35.5 Å². The molecule has 17 heavy (non-hydrogen) atoms. The van der Waals surface area contributed by atoms with E-state index in [2.05, 4.69) is 15.0 Å². The Labute approximate surface area is 99.5 Å². The topological polar surface area (TPSA) is 68.3 Å². The SMILES string of the molecule is COC(=O)c1ccc(NC(=O)C=C(C)C)nc1. The Balaban J connectivity index is 2.72. The van der Waals surface area contributed by atoms with Gasteiger partial charge in [0.1, 0.15) is 5.82 Å². The van der Waals surface area contributed by atoms with Crippen LogP contribution >= 0.6 is 0 Å². The highest BCUT2D eigenvalue weighted by atomic mass is 16.5. The average molecular weight is 234 g/mol. The normalized spacial score (nSPS) is 9.35. The van der Waals surface area contributed by atoms with E-state index in [1.807, 2.05) is 13.8 Å². The first-order chi connectivity index (χ1) is 8.02. The molecule has 0 aromatic carbocycles. The Kier molecular flexibility index (Phi) is 4.39. The largest absolute Gasteiger partial charge is 0.465 e. The molecule has 0 fully saturated rings. The molecule has 0 aliphatic heterocycles. The molecule has 1 heterocycles. The van der Waals surface area contributed by atoms with Gasteiger partial charge in [-0.15, -0.1) is 0 Å². The van der Waals surface area contributed by atoms with E-state index in [1.165, 1.54) is 25.4 Å². The van der Waals surface area contributed by atoms with Crippen LogP contribution in [-0.4, -0.2) is 24.0 Å². The van der Waals surface area contributed by atoms with Gasteiger partial charge in [0.25, 0.3) is 0 Å². The highest BCUT2D eigenvalue weighted by molar-refractivity contribution is 5.99. The third kappa shape index (κ3) is 4.06. The number of aromatic nitrogens is 1. The van der Waals surface area contributed by atoms with Gasteiger partial charge in [-0.2, -0.15) is 0 Å². The monoisotopic (exact) mass is 234 g/mol. The maximum atomic E-state index is 11.4. The van der Waals surface area contributed by atoms with Gasteiger partial charge in [0, 0.05) is 12.3 Å². The van der Waals surface area contributed by atoms with Crippen molar-refractivity contribution in [2.24, 2.45) is 0 Å². The molecule has 1 aromatic rings. The van der Waals surface area contributed by atoms with E-state index in [0.717, 1.165) is 5.57 Å². The molecular weight excluding hydrogens is 220 g/mol. The lowest BCUT2D eigenvalue weighted by Gasteiger charge is -2.02. The number of methoxy groups -OCH3 is 1. The molecule has 0 radical (unpaired) electrons. The van der Waals surface area contributed by atoms with Gasteiger partial charge in [0.05, 0.1) is 12.7 Å². The quantitative estimate of drug-likeness (QED) is 0.639. The van der Waals surface area contributed by atoms with Crippen LogP contribution in [0.1, 0.15) is 24.2 Å². The van der Waals surface area contributed by atoms with E-state index < -0.39 is 5.97 Å². The zero-order chi connectivity index (χ0) is 12.8. The van der Waals surface area contributed by atoms with Crippen molar-refractivity contribution in [1.82, 2.24) is 4.98 Å². The summed E-state index contributed by atoms with van der Waals surface area (Å²) in [5.41, 5.74) is 1.24. The number of carbonyl (C=O) groups is 2. The lowest BCUT2D eigenvalue weighted by molar-refractivity contribution is -0.112. The van der Waals surface area contributed by atoms with Gasteiger partial charge in [-0.05, 0) is 26.0 Å². The smallest absolute Gasteiger partial charge is 0.339 e. The van der Waals surface area contributed by atoms with Gasteiger partial charge in [-0.3, -0.25) is 4.79 Å². The minimum absolute atomic E-state index is 0.247. The van der Waals surface area contributed by atoms with E-state index in [9.17, 15) is 9.59 Å². The molecule has 5 heteroatoms. The Morgan fingerprint density at radius 1 is 1.35 bits per heavy atom. The fourth-order valence-electron chi connectivity index (χ4n) is 1.13. The van der Waals surface area contributed by atoms with Gasteiger partial charge >= 0.3 is 5.97 Å². The molecule has 1 rings (SSSR count). The number of amides is 1. The molecule has 0 saturated heterocycles. The van der Waals surface area contributed by atoms with Crippen molar-refractivity contribution in [2.45, 2.75) is 13.8 Å². The van der Waals surface area contributed by atoms with E-state index >= 15 is 0 Å². The van der Waals surface area contributed by atoms with E-state index in [1.54, 1.807) is 6.07 Å². The van der Waals surface area contributed by atoms with E-state index in [-0.39, 0.29) is 5.91 Å². The molecule has 0 atom stereocenters. The highest BCUT2D eigenvalue weighted by Gasteiger charge is 2.06. The number of rotatable bonds is 3. The fourth-order valence-corrected chi connectivity index (χ4v) is 1.13. The van der Waals surface area contributed by atoms with Crippen molar-refractivity contribution >= 4 is 17.7 Å². The maximum absolute atomic E-state index is 11.4. The van der Waals surface area contributed by atoms with Gasteiger partial charge < -0.3 is 10.1 Å². The predicted molar refractivity (Wildman–Crippen MR) is 63.6 cm³/mol. The lowest BCUT2D eigenvalue weighted by atomic mass is 10.3. The number of pyridine rings is 1. The molecule has 90 valence electrons. The molecule has 5 nitrogen and oxygen atoms in total. The summed E-state index contributed by atoms with van der Waals surface area (Å²) >= 11 is 0. The molecule has 1 aromatic heterocycles. The third-order valence-electron chi connectivity index (χ3n) is 1.86. The first-order valence-electron chi connectivity index (χ1n) is 5.03. The number of esters is 1. The summed E-state index contributed by atoms with van der Waals surface area (Å²) in [6.07, 6.45) is 2.82. The summed E-state index contributed by atoms with van der Waals surface area (Å²) in [6.45, 7) is 3.65. The fraction of sp³-hybridized carbons (Fsp3) is 0.250. The molecule has 0 aliphatic carbocycles. The lowest BCUT2D eigenvalue weighted by Crippen LogP contribution is -2.10. The minimum Gasteiger partial charge on any atom is -0.465 e. The van der Waals surface area contributed by atoms with Crippen LogP contribution in [0.3, 0.4) is 0 Å².